The number of Topliss-reactive ketones (excluding diaryl/α,β-unsaturated/α-hetero) is 1. The van der Waals surface area contributed by atoms with Gasteiger partial charge in [-0.15, -0.1) is 0 Å². The number of hydrogen-bond donors (Lipinski definition) is 2. The quantitative estimate of drug-likeness (QED) is 0.547. The third kappa shape index (κ3) is 14.9. The summed E-state index contributed by atoms with van der Waals surface area (Å²) in [6, 6.07) is 0. The van der Waals surface area contributed by atoms with E-state index >= 15 is 0 Å². The predicted octanol–water partition coefficient (Wildman–Crippen LogP) is 3.35. The molecule has 4 heteroatoms. The van der Waals surface area contributed by atoms with Crippen LogP contribution in [0.3, 0.4) is 0 Å². The molecule has 0 atom stereocenters. The summed E-state index contributed by atoms with van der Waals surface area (Å²) in [5.41, 5.74) is 0. The molecule has 0 bridgehead atoms. The number of unbranched alkanes of at least 4 members (excludes halogenated alkanes) is 7. The van der Waals surface area contributed by atoms with E-state index in [9.17, 15) is 9.59 Å². The molecule has 0 saturated carbocycles. The molecule has 0 spiro atoms. The molecule has 0 saturated heterocycles. The van der Waals surface area contributed by atoms with Crippen molar-refractivity contribution in [2.45, 2.75) is 64.7 Å². The highest BCUT2D eigenvalue weighted by molar-refractivity contribution is 5.75. The second-order valence-corrected chi connectivity index (χ2v) is 4.51. The van der Waals surface area contributed by atoms with E-state index in [4.69, 9.17) is 5.11 Å². The van der Waals surface area contributed by atoms with E-state index < -0.39 is 6.09 Å². The molecule has 17 heavy (non-hydrogen) atoms. The van der Waals surface area contributed by atoms with Gasteiger partial charge in [0.2, 0.25) is 0 Å². The van der Waals surface area contributed by atoms with Crippen LogP contribution >= 0.6 is 0 Å². The number of nitrogens with one attached hydrogen (secondary N) is 1. The summed E-state index contributed by atoms with van der Waals surface area (Å²) >= 11 is 0. The number of carbonyl (C=O) groups excluding carboxylic acids is 1. The van der Waals surface area contributed by atoms with E-state index in [0.717, 1.165) is 32.1 Å². The zero-order valence-electron chi connectivity index (χ0n) is 10.8. The van der Waals surface area contributed by atoms with Crippen LogP contribution in [0.4, 0.5) is 4.79 Å². The molecule has 0 unspecified atom stereocenters. The van der Waals surface area contributed by atoms with Crippen LogP contribution in [0.5, 0.6) is 0 Å². The fraction of sp³-hybridized carbons (Fsp3) is 0.846. The highest BCUT2D eigenvalue weighted by atomic mass is 16.4. The molecular formula is C13H25NO3. The van der Waals surface area contributed by atoms with Crippen LogP contribution in [0.15, 0.2) is 0 Å². The summed E-state index contributed by atoms with van der Waals surface area (Å²) in [5, 5.41) is 10.7. The van der Waals surface area contributed by atoms with Gasteiger partial charge in [-0.05, 0) is 19.8 Å². The lowest BCUT2D eigenvalue weighted by Crippen LogP contribution is -2.21. The van der Waals surface area contributed by atoms with Crippen molar-refractivity contribution in [3.05, 3.63) is 0 Å². The Hall–Kier alpha value is -1.06. The van der Waals surface area contributed by atoms with Crippen molar-refractivity contribution in [1.82, 2.24) is 5.32 Å². The Morgan fingerprint density at radius 2 is 1.35 bits per heavy atom. The van der Waals surface area contributed by atoms with E-state index in [-0.39, 0.29) is 5.78 Å². The van der Waals surface area contributed by atoms with E-state index in [1.807, 2.05) is 0 Å². The zero-order chi connectivity index (χ0) is 12.9. The maximum absolute atomic E-state index is 10.7. The summed E-state index contributed by atoms with van der Waals surface area (Å²) < 4.78 is 0. The molecule has 2 N–H and O–H groups in total. The fourth-order valence-corrected chi connectivity index (χ4v) is 1.75. The van der Waals surface area contributed by atoms with Gasteiger partial charge >= 0.3 is 6.09 Å². The Bertz CT molecular complexity index is 195. The van der Waals surface area contributed by atoms with Gasteiger partial charge in [-0.25, -0.2) is 4.79 Å². The summed E-state index contributed by atoms with van der Waals surface area (Å²) in [6.07, 6.45) is 8.81. The lowest BCUT2D eigenvalue weighted by molar-refractivity contribution is -0.117. The van der Waals surface area contributed by atoms with Crippen LogP contribution in [0.25, 0.3) is 0 Å². The number of hydrogen-bond acceptors (Lipinski definition) is 2. The minimum atomic E-state index is -0.935. The molecule has 0 aliphatic carbocycles. The minimum absolute atomic E-state index is 0.288. The first-order valence-corrected chi connectivity index (χ1v) is 6.59. The van der Waals surface area contributed by atoms with Crippen LogP contribution < -0.4 is 5.32 Å². The van der Waals surface area contributed by atoms with Crippen LogP contribution in [-0.2, 0) is 4.79 Å². The van der Waals surface area contributed by atoms with Crippen molar-refractivity contribution < 1.29 is 14.7 Å². The van der Waals surface area contributed by atoms with Gasteiger partial charge in [-0.2, -0.15) is 0 Å². The number of carboxylic acid groups (broad SMARTS) is 1. The summed E-state index contributed by atoms with van der Waals surface area (Å²) in [5.74, 6) is 0.288. The first-order valence-electron chi connectivity index (χ1n) is 6.59. The van der Waals surface area contributed by atoms with Gasteiger partial charge in [0.25, 0.3) is 0 Å². The molecule has 0 aliphatic heterocycles. The van der Waals surface area contributed by atoms with E-state index in [2.05, 4.69) is 5.32 Å². The van der Waals surface area contributed by atoms with Crippen LogP contribution in [0, 0.1) is 0 Å². The predicted molar refractivity (Wildman–Crippen MR) is 68.3 cm³/mol. The number of ketones is 1. The van der Waals surface area contributed by atoms with Gasteiger partial charge in [0, 0.05) is 13.0 Å². The Kier molecular flexibility index (Phi) is 10.7. The number of carbonyl (C=O) groups is 2. The van der Waals surface area contributed by atoms with Crippen molar-refractivity contribution in [1.29, 1.82) is 0 Å². The average Bonchev–Trinajstić information content (AvgIpc) is 2.25. The van der Waals surface area contributed by atoms with E-state index in [1.165, 1.54) is 25.7 Å². The molecule has 0 aromatic rings. The van der Waals surface area contributed by atoms with Crippen molar-refractivity contribution in [2.24, 2.45) is 0 Å². The largest absolute Gasteiger partial charge is 0.465 e. The molecular weight excluding hydrogens is 218 g/mol. The first-order chi connectivity index (χ1) is 8.13. The second-order valence-electron chi connectivity index (χ2n) is 4.51. The van der Waals surface area contributed by atoms with Gasteiger partial charge < -0.3 is 15.2 Å². The van der Waals surface area contributed by atoms with E-state index in [0.29, 0.717) is 6.54 Å². The monoisotopic (exact) mass is 243 g/mol. The standard InChI is InChI=1S/C13H25NO3/c1-12(15)10-8-6-4-2-3-5-7-9-11-14-13(16)17/h14H,2-11H2,1H3,(H,16,17). The summed E-state index contributed by atoms with van der Waals surface area (Å²) in [7, 11) is 0. The Labute approximate surface area is 104 Å². The van der Waals surface area contributed by atoms with Gasteiger partial charge in [0.15, 0.2) is 0 Å². The maximum Gasteiger partial charge on any atom is 0.404 e. The average molecular weight is 243 g/mol. The van der Waals surface area contributed by atoms with Crippen molar-refractivity contribution >= 4 is 11.9 Å². The molecule has 4 nitrogen and oxygen atoms in total. The summed E-state index contributed by atoms with van der Waals surface area (Å²) in [4.78, 5) is 20.8. The van der Waals surface area contributed by atoms with Crippen molar-refractivity contribution in [2.75, 3.05) is 6.54 Å². The molecule has 0 aliphatic rings. The lowest BCUT2D eigenvalue weighted by atomic mass is 10.1. The van der Waals surface area contributed by atoms with Crippen LogP contribution in [0.1, 0.15) is 64.7 Å². The highest BCUT2D eigenvalue weighted by Gasteiger charge is 1.96. The highest BCUT2D eigenvalue weighted by Crippen LogP contribution is 2.09. The molecule has 0 fully saturated rings. The number of rotatable bonds is 11. The Balaban J connectivity index is 2.98. The third-order valence-electron chi connectivity index (χ3n) is 2.73. The molecule has 0 heterocycles. The molecule has 1 amide bonds. The topological polar surface area (TPSA) is 66.4 Å². The third-order valence-corrected chi connectivity index (χ3v) is 2.73. The zero-order valence-corrected chi connectivity index (χ0v) is 10.8. The van der Waals surface area contributed by atoms with Gasteiger partial charge in [0.1, 0.15) is 5.78 Å². The molecule has 0 aromatic carbocycles. The van der Waals surface area contributed by atoms with Crippen LogP contribution in [0.2, 0.25) is 0 Å². The Morgan fingerprint density at radius 1 is 0.882 bits per heavy atom. The molecule has 0 rings (SSSR count). The second kappa shape index (κ2) is 11.4. The summed E-state index contributed by atoms with van der Waals surface area (Å²) in [6.45, 7) is 2.21. The first kappa shape index (κ1) is 15.9. The van der Waals surface area contributed by atoms with Gasteiger partial charge in [0.05, 0.1) is 0 Å². The van der Waals surface area contributed by atoms with Crippen LogP contribution in [-0.4, -0.2) is 23.5 Å². The minimum Gasteiger partial charge on any atom is -0.465 e. The van der Waals surface area contributed by atoms with Crippen molar-refractivity contribution in [3.8, 4) is 0 Å². The fourth-order valence-electron chi connectivity index (χ4n) is 1.75. The molecule has 0 radical (unpaired) electrons. The van der Waals surface area contributed by atoms with E-state index in [1.54, 1.807) is 6.92 Å². The smallest absolute Gasteiger partial charge is 0.404 e. The van der Waals surface area contributed by atoms with Crippen molar-refractivity contribution in [3.63, 3.8) is 0 Å². The Morgan fingerprint density at radius 3 is 1.82 bits per heavy atom. The lowest BCUT2D eigenvalue weighted by Gasteiger charge is -2.02. The van der Waals surface area contributed by atoms with Gasteiger partial charge in [-0.1, -0.05) is 38.5 Å². The number of amides is 1. The molecule has 100 valence electrons. The molecule has 0 aromatic heterocycles. The normalized spacial score (nSPS) is 10.2. The van der Waals surface area contributed by atoms with Gasteiger partial charge in [-0.3, -0.25) is 0 Å². The SMILES string of the molecule is CC(=O)CCCCCCCCCCNC(=O)O. The maximum atomic E-state index is 10.7.